The fourth-order valence-corrected chi connectivity index (χ4v) is 1.13. The van der Waals surface area contributed by atoms with Crippen molar-refractivity contribution in [1.82, 2.24) is 0 Å². The quantitative estimate of drug-likeness (QED) is 0.663. The van der Waals surface area contributed by atoms with E-state index in [0.29, 0.717) is 6.42 Å². The summed E-state index contributed by atoms with van der Waals surface area (Å²) < 4.78 is 9.82. The van der Waals surface area contributed by atoms with Gasteiger partial charge in [0.1, 0.15) is 6.61 Å². The minimum absolute atomic E-state index is 0.0964. The minimum Gasteiger partial charge on any atom is -0.481 e. The van der Waals surface area contributed by atoms with Crippen molar-refractivity contribution in [2.45, 2.75) is 40.0 Å². The summed E-state index contributed by atoms with van der Waals surface area (Å²) in [4.78, 5) is 33.2. The largest absolute Gasteiger partial charge is 0.481 e. The number of carboxylic acids is 1. The summed E-state index contributed by atoms with van der Waals surface area (Å²) in [6.07, 6.45) is -0.00290. The highest BCUT2D eigenvalue weighted by Gasteiger charge is 2.34. The Morgan fingerprint density at radius 3 is 2.17 bits per heavy atom. The smallest absolute Gasteiger partial charge is 0.315 e. The molecule has 0 aliphatic carbocycles. The van der Waals surface area contributed by atoms with Crippen molar-refractivity contribution in [2.75, 3.05) is 13.2 Å². The third kappa shape index (κ3) is 5.65. The number of hydrogen-bond donors (Lipinski definition) is 1. The molecule has 0 amide bonds. The molecule has 6 nitrogen and oxygen atoms in total. The van der Waals surface area contributed by atoms with Gasteiger partial charge >= 0.3 is 17.9 Å². The number of rotatable bonds is 8. The van der Waals surface area contributed by atoms with Gasteiger partial charge < -0.3 is 14.6 Å². The molecule has 0 spiro atoms. The summed E-state index contributed by atoms with van der Waals surface area (Å²) >= 11 is 0. The molecule has 104 valence electrons. The van der Waals surface area contributed by atoms with Gasteiger partial charge in [0.2, 0.25) is 0 Å². The second kappa shape index (κ2) is 7.68. The Bertz CT molecular complexity index is 312. The van der Waals surface area contributed by atoms with Gasteiger partial charge in [-0.25, -0.2) is 0 Å². The summed E-state index contributed by atoms with van der Waals surface area (Å²) in [7, 11) is 0. The first-order valence-corrected chi connectivity index (χ1v) is 5.90. The van der Waals surface area contributed by atoms with Crippen LogP contribution in [0.5, 0.6) is 0 Å². The van der Waals surface area contributed by atoms with E-state index in [0.717, 1.165) is 0 Å². The molecule has 18 heavy (non-hydrogen) atoms. The maximum Gasteiger partial charge on any atom is 0.315 e. The molecule has 0 aliphatic rings. The molecule has 1 atom stereocenters. The first-order valence-electron chi connectivity index (χ1n) is 5.90. The van der Waals surface area contributed by atoms with E-state index in [1.54, 1.807) is 20.8 Å². The highest BCUT2D eigenvalue weighted by atomic mass is 16.6. The number of carbonyl (C=O) groups excluding carboxylic acids is 2. The lowest BCUT2D eigenvalue weighted by Gasteiger charge is -2.25. The minimum atomic E-state index is -1.06. The fourth-order valence-electron chi connectivity index (χ4n) is 1.13. The Morgan fingerprint density at radius 1 is 1.11 bits per heavy atom. The summed E-state index contributed by atoms with van der Waals surface area (Å²) in [5.41, 5.74) is -0.880. The van der Waals surface area contributed by atoms with Crippen molar-refractivity contribution in [3.05, 3.63) is 0 Å². The van der Waals surface area contributed by atoms with Gasteiger partial charge in [-0.15, -0.1) is 0 Å². The lowest BCUT2D eigenvalue weighted by molar-refractivity contribution is -0.163. The molecule has 0 bridgehead atoms. The number of hydrogen-bond acceptors (Lipinski definition) is 5. The topological polar surface area (TPSA) is 89.9 Å². The molecule has 0 saturated heterocycles. The Balaban J connectivity index is 4.25. The Kier molecular flexibility index (Phi) is 7.00. The molecule has 1 N–H and O–H groups in total. The van der Waals surface area contributed by atoms with E-state index in [9.17, 15) is 14.4 Å². The SMILES string of the molecule is CCOC(=O)C(C)(CC)COC(=O)CCC(=O)O. The molecular weight excluding hydrogens is 240 g/mol. The van der Waals surface area contributed by atoms with Crippen LogP contribution in [-0.4, -0.2) is 36.2 Å². The van der Waals surface area contributed by atoms with Crippen LogP contribution in [0.1, 0.15) is 40.0 Å². The van der Waals surface area contributed by atoms with Crippen LogP contribution >= 0.6 is 0 Å². The second-order valence-corrected chi connectivity index (χ2v) is 4.19. The van der Waals surface area contributed by atoms with Gasteiger partial charge in [-0.05, 0) is 20.3 Å². The van der Waals surface area contributed by atoms with Crippen LogP contribution in [0.4, 0.5) is 0 Å². The van der Waals surface area contributed by atoms with Crippen LogP contribution in [0.3, 0.4) is 0 Å². The van der Waals surface area contributed by atoms with Crippen molar-refractivity contribution >= 4 is 17.9 Å². The van der Waals surface area contributed by atoms with Crippen molar-refractivity contribution in [1.29, 1.82) is 0 Å². The van der Waals surface area contributed by atoms with E-state index in [4.69, 9.17) is 14.6 Å². The van der Waals surface area contributed by atoms with Crippen LogP contribution in [0.15, 0.2) is 0 Å². The average Bonchev–Trinajstić information content (AvgIpc) is 2.33. The van der Waals surface area contributed by atoms with Gasteiger partial charge in [0.15, 0.2) is 0 Å². The molecule has 0 aliphatic heterocycles. The van der Waals surface area contributed by atoms with Gasteiger partial charge in [-0.3, -0.25) is 14.4 Å². The van der Waals surface area contributed by atoms with E-state index in [1.807, 2.05) is 0 Å². The normalized spacial score (nSPS) is 13.5. The maximum absolute atomic E-state index is 11.7. The zero-order valence-corrected chi connectivity index (χ0v) is 11.0. The van der Waals surface area contributed by atoms with Crippen LogP contribution in [0, 0.1) is 5.41 Å². The summed E-state index contributed by atoms with van der Waals surface area (Å²) in [6, 6.07) is 0. The molecule has 0 aromatic heterocycles. The second-order valence-electron chi connectivity index (χ2n) is 4.19. The van der Waals surface area contributed by atoms with Crippen LogP contribution in [0.2, 0.25) is 0 Å². The Hall–Kier alpha value is -1.59. The van der Waals surface area contributed by atoms with E-state index in [2.05, 4.69) is 0 Å². The molecule has 0 aromatic carbocycles. The van der Waals surface area contributed by atoms with Crippen molar-refractivity contribution in [3.63, 3.8) is 0 Å². The van der Waals surface area contributed by atoms with E-state index >= 15 is 0 Å². The zero-order valence-electron chi connectivity index (χ0n) is 11.0. The van der Waals surface area contributed by atoms with Crippen molar-refractivity contribution in [3.8, 4) is 0 Å². The molecule has 0 saturated carbocycles. The molecule has 0 rings (SSSR count). The molecule has 6 heteroatoms. The van der Waals surface area contributed by atoms with E-state index < -0.39 is 23.3 Å². The van der Waals surface area contributed by atoms with Crippen molar-refractivity contribution < 1.29 is 29.0 Å². The number of aliphatic carboxylic acids is 1. The standard InChI is InChI=1S/C12H20O6/c1-4-12(3,11(16)17-5-2)8-18-10(15)7-6-9(13)14/h4-8H2,1-3H3,(H,13,14). The third-order valence-corrected chi connectivity index (χ3v) is 2.64. The Labute approximate surface area is 106 Å². The lowest BCUT2D eigenvalue weighted by atomic mass is 9.89. The van der Waals surface area contributed by atoms with Crippen molar-refractivity contribution in [2.24, 2.45) is 5.41 Å². The molecule has 0 fully saturated rings. The highest BCUT2D eigenvalue weighted by molar-refractivity contribution is 5.78. The van der Waals surface area contributed by atoms with Gasteiger partial charge in [0, 0.05) is 0 Å². The summed E-state index contributed by atoms with van der Waals surface area (Å²) in [5.74, 6) is -2.10. The van der Waals surface area contributed by atoms with Gasteiger partial charge in [-0.1, -0.05) is 6.92 Å². The van der Waals surface area contributed by atoms with E-state index in [-0.39, 0.29) is 26.1 Å². The lowest BCUT2D eigenvalue weighted by Crippen LogP contribution is -2.35. The van der Waals surface area contributed by atoms with Gasteiger partial charge in [0.05, 0.1) is 24.9 Å². The summed E-state index contributed by atoms with van der Waals surface area (Å²) in [5, 5.41) is 8.41. The molecular formula is C12H20O6. The highest BCUT2D eigenvalue weighted by Crippen LogP contribution is 2.23. The van der Waals surface area contributed by atoms with Crippen LogP contribution < -0.4 is 0 Å². The number of carbonyl (C=O) groups is 3. The third-order valence-electron chi connectivity index (χ3n) is 2.64. The maximum atomic E-state index is 11.7. The van der Waals surface area contributed by atoms with Gasteiger partial charge in [-0.2, -0.15) is 0 Å². The molecule has 1 unspecified atom stereocenters. The van der Waals surface area contributed by atoms with Gasteiger partial charge in [0.25, 0.3) is 0 Å². The number of esters is 2. The average molecular weight is 260 g/mol. The van der Waals surface area contributed by atoms with Crippen LogP contribution in [0.25, 0.3) is 0 Å². The molecule has 0 aromatic rings. The van der Waals surface area contributed by atoms with E-state index in [1.165, 1.54) is 0 Å². The number of ether oxygens (including phenoxy) is 2. The summed E-state index contributed by atoms with van der Waals surface area (Å²) in [6.45, 7) is 5.31. The first kappa shape index (κ1) is 16.4. The zero-order chi connectivity index (χ0) is 14.2. The fraction of sp³-hybridized carbons (Fsp3) is 0.750. The molecule has 0 heterocycles. The monoisotopic (exact) mass is 260 g/mol. The first-order chi connectivity index (χ1) is 8.35. The van der Waals surface area contributed by atoms with Crippen LogP contribution in [-0.2, 0) is 23.9 Å². The Morgan fingerprint density at radius 2 is 1.72 bits per heavy atom. The number of carboxylic acid groups (broad SMARTS) is 1. The molecule has 0 radical (unpaired) electrons. The predicted octanol–water partition coefficient (Wildman–Crippen LogP) is 1.37. The predicted molar refractivity (Wildman–Crippen MR) is 62.9 cm³/mol.